The van der Waals surface area contributed by atoms with E-state index in [9.17, 15) is 14.0 Å². The van der Waals surface area contributed by atoms with Crippen LogP contribution >= 0.6 is 0 Å². The molecule has 126 valence electrons. The van der Waals surface area contributed by atoms with Crippen LogP contribution in [0.4, 0.5) is 16.0 Å². The molecule has 0 radical (unpaired) electrons. The number of aromatic nitrogens is 2. The molecule has 2 amide bonds. The number of halogens is 1. The number of aryl methyl sites for hydroxylation is 1. The van der Waals surface area contributed by atoms with E-state index in [0.717, 1.165) is 5.56 Å². The van der Waals surface area contributed by atoms with Crippen LogP contribution in [0.3, 0.4) is 0 Å². The lowest BCUT2D eigenvalue weighted by atomic mass is 9.98. The number of nitrogens with one attached hydrogen (secondary N) is 2. The number of nitrogens with zero attached hydrogens (tertiary/aromatic N) is 2. The number of hydrogen-bond acceptors (Lipinski definition) is 4. The first-order chi connectivity index (χ1) is 11.5. The largest absolute Gasteiger partial charge is 0.481 e. The molecule has 0 saturated heterocycles. The molecule has 1 aromatic heterocycles. The van der Waals surface area contributed by atoms with Crippen molar-refractivity contribution in [3.05, 3.63) is 35.6 Å². The Bertz CT molecular complexity index is 803. The maximum Gasteiger partial charge on any atom is 0.263 e. The van der Waals surface area contributed by atoms with Crippen molar-refractivity contribution in [2.75, 3.05) is 17.2 Å². The molecular formula is C16H17FN4O3. The Balaban J connectivity index is 1.68. The molecule has 2 aromatic rings. The zero-order valence-electron chi connectivity index (χ0n) is 13.3. The summed E-state index contributed by atoms with van der Waals surface area (Å²) in [4.78, 5) is 23.8. The van der Waals surface area contributed by atoms with E-state index in [1.165, 1.54) is 22.9 Å². The molecule has 2 N–H and O–H groups in total. The number of benzene rings is 1. The van der Waals surface area contributed by atoms with E-state index in [2.05, 4.69) is 15.7 Å². The first-order valence-corrected chi connectivity index (χ1v) is 7.49. The molecule has 0 bridgehead atoms. The van der Waals surface area contributed by atoms with Crippen molar-refractivity contribution < 1.29 is 18.7 Å². The zero-order chi connectivity index (χ0) is 17.3. The van der Waals surface area contributed by atoms with Gasteiger partial charge in [0.15, 0.2) is 24.0 Å². The summed E-state index contributed by atoms with van der Waals surface area (Å²) in [7, 11) is 1.68. The molecule has 0 fully saturated rings. The number of ether oxygens (including phenoxy) is 1. The first-order valence-electron chi connectivity index (χ1n) is 7.49. The normalized spacial score (nSPS) is 16.3. The predicted molar refractivity (Wildman–Crippen MR) is 85.2 cm³/mol. The summed E-state index contributed by atoms with van der Waals surface area (Å²) in [6.45, 7) is 1.46. The fourth-order valence-electron chi connectivity index (χ4n) is 2.53. The summed E-state index contributed by atoms with van der Waals surface area (Å²) in [5.74, 6) is -0.305. The summed E-state index contributed by atoms with van der Waals surface area (Å²) < 4.78 is 20.1. The van der Waals surface area contributed by atoms with E-state index in [-0.39, 0.29) is 24.2 Å². The number of carbonyl (C=O) groups is 2. The van der Waals surface area contributed by atoms with Gasteiger partial charge in [0, 0.05) is 18.5 Å². The smallest absolute Gasteiger partial charge is 0.263 e. The van der Waals surface area contributed by atoms with E-state index in [0.29, 0.717) is 18.1 Å². The van der Waals surface area contributed by atoms with Crippen molar-refractivity contribution in [2.24, 2.45) is 13.0 Å². The summed E-state index contributed by atoms with van der Waals surface area (Å²) >= 11 is 0. The summed E-state index contributed by atoms with van der Waals surface area (Å²) in [6.07, 6.45) is 0.485. The van der Waals surface area contributed by atoms with Gasteiger partial charge in [0.2, 0.25) is 5.91 Å². The third kappa shape index (κ3) is 3.08. The van der Waals surface area contributed by atoms with Crippen LogP contribution in [0.15, 0.2) is 24.3 Å². The van der Waals surface area contributed by atoms with Crippen molar-refractivity contribution in [1.82, 2.24) is 9.78 Å². The Labute approximate surface area is 137 Å². The minimum absolute atomic E-state index is 0.0107. The van der Waals surface area contributed by atoms with Crippen molar-refractivity contribution in [3.8, 4) is 5.75 Å². The van der Waals surface area contributed by atoms with Crippen molar-refractivity contribution >= 4 is 23.5 Å². The molecule has 1 unspecified atom stereocenters. The van der Waals surface area contributed by atoms with Crippen LogP contribution in [0.5, 0.6) is 5.75 Å². The van der Waals surface area contributed by atoms with Gasteiger partial charge in [0.05, 0.1) is 0 Å². The van der Waals surface area contributed by atoms with Gasteiger partial charge in [-0.3, -0.25) is 14.3 Å². The fourth-order valence-corrected chi connectivity index (χ4v) is 2.53. The highest BCUT2D eigenvalue weighted by Crippen LogP contribution is 2.30. The number of anilines is 2. The highest BCUT2D eigenvalue weighted by molar-refractivity contribution is 5.98. The molecule has 1 atom stereocenters. The van der Waals surface area contributed by atoms with Crippen LogP contribution in [-0.4, -0.2) is 28.2 Å². The van der Waals surface area contributed by atoms with Crippen LogP contribution in [0.2, 0.25) is 0 Å². The van der Waals surface area contributed by atoms with Crippen LogP contribution in [0.25, 0.3) is 0 Å². The molecule has 1 aliphatic heterocycles. The van der Waals surface area contributed by atoms with Gasteiger partial charge < -0.3 is 15.4 Å². The molecule has 24 heavy (non-hydrogen) atoms. The van der Waals surface area contributed by atoms with Gasteiger partial charge in [-0.25, -0.2) is 4.39 Å². The van der Waals surface area contributed by atoms with Gasteiger partial charge in [-0.2, -0.15) is 5.10 Å². The molecule has 1 aliphatic rings. The third-order valence-electron chi connectivity index (χ3n) is 3.80. The van der Waals surface area contributed by atoms with E-state index in [1.54, 1.807) is 20.0 Å². The third-order valence-corrected chi connectivity index (χ3v) is 3.80. The molecule has 0 spiro atoms. The Hall–Kier alpha value is -2.90. The highest BCUT2D eigenvalue weighted by Gasteiger charge is 2.29. The minimum Gasteiger partial charge on any atom is -0.481 e. The molecule has 8 heteroatoms. The molecule has 1 aromatic carbocycles. The predicted octanol–water partition coefficient (Wildman–Crippen LogP) is 1.71. The van der Waals surface area contributed by atoms with Gasteiger partial charge >= 0.3 is 0 Å². The fraction of sp³-hybridized carbons (Fsp3) is 0.312. The van der Waals surface area contributed by atoms with Gasteiger partial charge in [-0.05, 0) is 18.6 Å². The second kappa shape index (κ2) is 6.31. The maximum atomic E-state index is 13.5. The van der Waals surface area contributed by atoms with Crippen molar-refractivity contribution in [3.63, 3.8) is 0 Å². The van der Waals surface area contributed by atoms with Gasteiger partial charge in [0.25, 0.3) is 5.91 Å². The number of fused-ring (bicyclic) bond motifs is 1. The molecule has 7 nitrogen and oxygen atoms in total. The van der Waals surface area contributed by atoms with Crippen LogP contribution in [0.1, 0.15) is 12.5 Å². The summed E-state index contributed by atoms with van der Waals surface area (Å²) in [5.41, 5.74) is 0.767. The van der Waals surface area contributed by atoms with Crippen LogP contribution in [0, 0.1) is 11.7 Å². The lowest BCUT2D eigenvalue weighted by molar-refractivity contribution is -0.119. The Morgan fingerprint density at radius 3 is 3.00 bits per heavy atom. The van der Waals surface area contributed by atoms with Gasteiger partial charge in [-0.15, -0.1) is 0 Å². The second-order valence-electron chi connectivity index (χ2n) is 5.66. The Morgan fingerprint density at radius 2 is 2.25 bits per heavy atom. The number of carbonyl (C=O) groups excluding carboxylic acids is 2. The monoisotopic (exact) mass is 332 g/mol. The SMILES string of the molecule is CC1Cc2c(NC(=O)COc3ccccc3F)nn(C)c2NC1=O. The second-order valence-corrected chi connectivity index (χ2v) is 5.66. The van der Waals surface area contributed by atoms with Crippen LogP contribution < -0.4 is 15.4 Å². The quantitative estimate of drug-likeness (QED) is 0.892. The number of hydrogen-bond donors (Lipinski definition) is 2. The number of para-hydroxylation sites is 1. The topological polar surface area (TPSA) is 85.2 Å². The maximum absolute atomic E-state index is 13.5. The Kier molecular flexibility index (Phi) is 4.20. The molecular weight excluding hydrogens is 315 g/mol. The van der Waals surface area contributed by atoms with Crippen molar-refractivity contribution in [2.45, 2.75) is 13.3 Å². The molecule has 0 aliphatic carbocycles. The van der Waals surface area contributed by atoms with E-state index < -0.39 is 11.7 Å². The number of rotatable bonds is 4. The summed E-state index contributed by atoms with van der Waals surface area (Å²) in [6, 6.07) is 5.86. The Morgan fingerprint density at radius 1 is 1.50 bits per heavy atom. The lowest BCUT2D eigenvalue weighted by Gasteiger charge is -2.19. The van der Waals surface area contributed by atoms with Crippen LogP contribution in [-0.2, 0) is 23.1 Å². The van der Waals surface area contributed by atoms with Crippen molar-refractivity contribution in [1.29, 1.82) is 0 Å². The minimum atomic E-state index is -0.531. The number of amides is 2. The highest BCUT2D eigenvalue weighted by atomic mass is 19.1. The lowest BCUT2D eigenvalue weighted by Crippen LogP contribution is -2.29. The van der Waals surface area contributed by atoms with E-state index in [4.69, 9.17) is 4.74 Å². The average molecular weight is 332 g/mol. The van der Waals surface area contributed by atoms with Gasteiger partial charge in [-0.1, -0.05) is 19.1 Å². The standard InChI is InChI=1S/C16H17FN4O3/c1-9-7-10-14(20-21(2)15(10)19-16(9)23)18-13(22)8-24-12-6-4-3-5-11(12)17/h3-6,9H,7-8H2,1-2H3,(H,19,23)(H,18,20,22). The van der Waals surface area contributed by atoms with Gasteiger partial charge in [0.1, 0.15) is 5.82 Å². The van der Waals surface area contributed by atoms with E-state index in [1.807, 2.05) is 0 Å². The molecule has 0 saturated carbocycles. The van der Waals surface area contributed by atoms with E-state index >= 15 is 0 Å². The zero-order valence-corrected chi connectivity index (χ0v) is 13.3. The molecule has 2 heterocycles. The molecule has 3 rings (SSSR count). The summed E-state index contributed by atoms with van der Waals surface area (Å²) in [5, 5.41) is 9.63. The first kappa shape index (κ1) is 16.0. The average Bonchev–Trinajstić information content (AvgIpc) is 2.83.